The van der Waals surface area contributed by atoms with E-state index >= 15 is 0 Å². The molecule has 10 heavy (non-hydrogen) atoms. The molecule has 0 aliphatic rings. The summed E-state index contributed by atoms with van der Waals surface area (Å²) in [5, 5.41) is 0. The minimum atomic E-state index is 0. The van der Waals surface area contributed by atoms with Gasteiger partial charge in [-0.3, -0.25) is 0 Å². The average Bonchev–Trinajstić information content (AvgIpc) is 1.88. The predicted octanol–water partition coefficient (Wildman–Crippen LogP) is 0.395. The number of carbonyl (C=O) groups is 1. The van der Waals surface area contributed by atoms with Crippen molar-refractivity contribution in [3.05, 3.63) is 23.8 Å². The van der Waals surface area contributed by atoms with E-state index in [1.807, 2.05) is 0 Å². The Morgan fingerprint density at radius 2 is 2.40 bits per heavy atom. The molecule has 3 nitrogen and oxygen atoms in total. The third-order valence-corrected chi connectivity index (χ3v) is 0.849. The molecule has 1 heterocycles. The molecule has 0 aliphatic heterocycles. The van der Waals surface area contributed by atoms with Gasteiger partial charge in [-0.1, -0.05) is 18.8 Å². The summed E-state index contributed by atoms with van der Waals surface area (Å²) in [6.07, 6.45) is 3.14. The molecule has 0 fully saturated rings. The molecule has 1 aromatic heterocycles. The Morgan fingerprint density at radius 1 is 1.70 bits per heavy atom. The van der Waals surface area contributed by atoms with Crippen molar-refractivity contribution in [2.75, 3.05) is 0 Å². The second-order valence-electron chi connectivity index (χ2n) is 1.61. The fourth-order valence-electron chi connectivity index (χ4n) is 0.482. The zero-order valence-electron chi connectivity index (χ0n) is 5.53. The van der Waals surface area contributed by atoms with Gasteiger partial charge in [-0.25, -0.2) is 0 Å². The zero-order chi connectivity index (χ0) is 6.69. The van der Waals surface area contributed by atoms with E-state index in [0.717, 1.165) is 5.69 Å². The molecule has 0 amide bonds. The number of carbonyl (C=O) groups excluding carboxylic acids is 1. The number of hydrogen-bond acceptors (Lipinski definition) is 3. The van der Waals surface area contributed by atoms with Crippen LogP contribution in [-0.4, -0.2) is 16.3 Å². The van der Waals surface area contributed by atoms with Crippen LogP contribution in [-0.2, 0) is 32.7 Å². The van der Waals surface area contributed by atoms with Crippen molar-refractivity contribution in [3.63, 3.8) is 0 Å². The Kier molecular flexibility index (Phi) is 4.57. The van der Waals surface area contributed by atoms with Crippen LogP contribution < -0.4 is 0 Å². The van der Waals surface area contributed by atoms with Gasteiger partial charge in [0.25, 0.3) is 0 Å². The Morgan fingerprint density at radius 3 is 2.80 bits per heavy atom. The topological polar surface area (TPSA) is 42.9 Å². The van der Waals surface area contributed by atoms with E-state index in [2.05, 4.69) is 16.2 Å². The molecule has 0 N–H and O–H groups in total. The van der Waals surface area contributed by atoms with Gasteiger partial charge in [0.05, 0.1) is 5.82 Å². The number of rotatable bonds is 1. The summed E-state index contributed by atoms with van der Waals surface area (Å²) in [5.41, 5.74) is 0.757. The van der Waals surface area contributed by atoms with Crippen molar-refractivity contribution in [2.45, 2.75) is 6.92 Å². The summed E-state index contributed by atoms with van der Waals surface area (Å²) in [6, 6.07) is 1.62. The Hall–Kier alpha value is -0.146. The van der Waals surface area contributed by atoms with Crippen LogP contribution >= 0.6 is 0 Å². The molecular formula is C6H5N2OY-. The van der Waals surface area contributed by atoms with Crippen molar-refractivity contribution in [3.8, 4) is 0 Å². The molecule has 0 spiro atoms. The van der Waals surface area contributed by atoms with Crippen molar-refractivity contribution in [2.24, 2.45) is 0 Å². The normalized spacial score (nSPS) is 8.10. The largest absolute Gasteiger partial charge is 0.367 e. The summed E-state index contributed by atoms with van der Waals surface area (Å²) < 4.78 is 0. The van der Waals surface area contributed by atoms with Crippen molar-refractivity contribution < 1.29 is 37.5 Å². The van der Waals surface area contributed by atoms with Gasteiger partial charge < -0.3 is 14.8 Å². The van der Waals surface area contributed by atoms with Gasteiger partial charge in [-0.05, 0) is 0 Å². The van der Waals surface area contributed by atoms with E-state index in [-0.39, 0.29) is 38.5 Å². The van der Waals surface area contributed by atoms with Crippen LogP contribution in [0.1, 0.15) is 16.3 Å². The summed E-state index contributed by atoms with van der Waals surface area (Å²) >= 11 is 0. The Labute approximate surface area is 84.1 Å². The first-order valence-electron chi connectivity index (χ1n) is 2.50. The van der Waals surface area contributed by atoms with E-state index in [9.17, 15) is 4.79 Å². The number of hydrogen-bond donors (Lipinski definition) is 0. The van der Waals surface area contributed by atoms with Crippen molar-refractivity contribution in [1.82, 2.24) is 9.97 Å². The first kappa shape index (κ1) is 9.85. The second kappa shape index (κ2) is 4.64. The Bertz CT molecular complexity index is 227. The van der Waals surface area contributed by atoms with Crippen LogP contribution in [0.2, 0.25) is 0 Å². The molecule has 0 aliphatic carbocycles. The zero-order valence-corrected chi connectivity index (χ0v) is 8.37. The van der Waals surface area contributed by atoms with Gasteiger partial charge >= 0.3 is 0 Å². The SMILES string of the molecule is Cc1c[c-]nc(C=O)n1.[Y]. The van der Waals surface area contributed by atoms with Gasteiger partial charge in [0, 0.05) is 32.7 Å². The predicted molar refractivity (Wildman–Crippen MR) is 31.0 cm³/mol. The van der Waals surface area contributed by atoms with E-state index in [0.29, 0.717) is 6.29 Å². The molecule has 0 saturated heterocycles. The monoisotopic (exact) mass is 210 g/mol. The maximum absolute atomic E-state index is 10.0. The molecule has 0 saturated carbocycles. The second-order valence-corrected chi connectivity index (χ2v) is 1.61. The molecule has 1 aromatic rings. The first-order chi connectivity index (χ1) is 4.33. The fourth-order valence-corrected chi connectivity index (χ4v) is 0.482. The van der Waals surface area contributed by atoms with Crippen molar-refractivity contribution in [1.29, 1.82) is 0 Å². The standard InChI is InChI=1S/C6H5N2O.Y/c1-5-2-3-7-6(4-9)8-5;/h2,4H,1H3;/q-1;. The number of aldehydes is 1. The van der Waals surface area contributed by atoms with Crippen LogP contribution in [0.4, 0.5) is 0 Å². The molecule has 0 bridgehead atoms. The van der Waals surface area contributed by atoms with Crippen LogP contribution in [0.15, 0.2) is 6.07 Å². The third-order valence-electron chi connectivity index (χ3n) is 0.849. The molecule has 0 aromatic carbocycles. The third kappa shape index (κ3) is 2.63. The van der Waals surface area contributed by atoms with Crippen LogP contribution in [0.25, 0.3) is 0 Å². The first-order valence-corrected chi connectivity index (χ1v) is 2.50. The van der Waals surface area contributed by atoms with E-state index in [4.69, 9.17) is 0 Å². The maximum Gasteiger partial charge on any atom is 0.131 e. The molecule has 4 heteroatoms. The minimum absolute atomic E-state index is 0. The number of nitrogens with zero attached hydrogens (tertiary/aromatic N) is 2. The van der Waals surface area contributed by atoms with Gasteiger partial charge in [0.15, 0.2) is 0 Å². The maximum atomic E-state index is 10.0. The van der Waals surface area contributed by atoms with Gasteiger partial charge in [0.1, 0.15) is 6.29 Å². The smallest absolute Gasteiger partial charge is 0.131 e. The van der Waals surface area contributed by atoms with E-state index in [1.54, 1.807) is 13.0 Å². The molecular weight excluding hydrogens is 205 g/mol. The average molecular weight is 210 g/mol. The van der Waals surface area contributed by atoms with Crippen molar-refractivity contribution >= 4 is 6.29 Å². The van der Waals surface area contributed by atoms with Crippen LogP contribution in [0.3, 0.4) is 0 Å². The summed E-state index contributed by atoms with van der Waals surface area (Å²) in [4.78, 5) is 17.3. The molecule has 0 unspecified atom stereocenters. The van der Waals surface area contributed by atoms with E-state index in [1.165, 1.54) is 0 Å². The number of aryl methyl sites for hydroxylation is 1. The van der Waals surface area contributed by atoms with Gasteiger partial charge in [0.2, 0.25) is 0 Å². The molecule has 49 valence electrons. The van der Waals surface area contributed by atoms with Gasteiger partial charge in [-0.2, -0.15) is 0 Å². The Balaban J connectivity index is 0.000000810. The molecule has 1 rings (SSSR count). The summed E-state index contributed by atoms with van der Waals surface area (Å²) in [6.45, 7) is 1.78. The van der Waals surface area contributed by atoms with Gasteiger partial charge in [-0.15, -0.1) is 6.07 Å². The molecule has 1 radical (unpaired) electrons. The van der Waals surface area contributed by atoms with E-state index < -0.39 is 0 Å². The molecule has 0 atom stereocenters. The number of aromatic nitrogens is 2. The van der Waals surface area contributed by atoms with Crippen LogP contribution in [0, 0.1) is 13.1 Å². The quantitative estimate of drug-likeness (QED) is 0.497. The minimum Gasteiger partial charge on any atom is -0.367 e. The van der Waals surface area contributed by atoms with Crippen LogP contribution in [0.5, 0.6) is 0 Å². The summed E-state index contributed by atoms with van der Waals surface area (Å²) in [5.74, 6) is 0.190. The summed E-state index contributed by atoms with van der Waals surface area (Å²) in [7, 11) is 0. The fraction of sp³-hybridized carbons (Fsp3) is 0.167.